The van der Waals surface area contributed by atoms with Gasteiger partial charge >= 0.3 is 0 Å². The van der Waals surface area contributed by atoms with Crippen molar-refractivity contribution in [3.8, 4) is 0 Å². The van der Waals surface area contributed by atoms with Crippen LogP contribution < -0.4 is 0 Å². The van der Waals surface area contributed by atoms with Crippen molar-refractivity contribution in [2.75, 3.05) is 0 Å². The maximum atomic E-state index is 12.4. The highest BCUT2D eigenvalue weighted by atomic mass is 32.1. The number of benzene rings is 2. The third-order valence-corrected chi connectivity index (χ3v) is 4.45. The van der Waals surface area contributed by atoms with Crippen LogP contribution in [0, 0.1) is 13.8 Å². The number of nitrogens with zero attached hydrogens (tertiary/aromatic N) is 1. The molecule has 0 aliphatic heterocycles. The first-order valence-corrected chi connectivity index (χ1v) is 7.40. The van der Waals surface area contributed by atoms with Crippen LogP contribution in [-0.4, -0.2) is 10.8 Å². The predicted octanol–water partition coefficient (Wildman–Crippen LogP) is 4.34. The molecule has 2 aromatic carbocycles. The van der Waals surface area contributed by atoms with Gasteiger partial charge in [0.05, 0.1) is 15.6 Å². The topological polar surface area (TPSA) is 30.0 Å². The highest BCUT2D eigenvalue weighted by Gasteiger charge is 2.14. The van der Waals surface area contributed by atoms with E-state index in [0.717, 1.165) is 21.1 Å². The van der Waals surface area contributed by atoms with E-state index in [1.54, 1.807) is 0 Å². The van der Waals surface area contributed by atoms with Crippen LogP contribution in [-0.2, 0) is 6.42 Å². The number of Topliss-reactive ketones (excluding diaryl/α,β-unsaturated/α-hetero) is 1. The number of carbonyl (C=O) groups excluding carboxylic acids is 1. The number of ketones is 1. The highest BCUT2D eigenvalue weighted by molar-refractivity contribution is 7.13. The number of thiazole rings is 1. The molecule has 0 unspecified atom stereocenters. The van der Waals surface area contributed by atoms with Crippen LogP contribution in [0.25, 0.3) is 10.8 Å². The summed E-state index contributed by atoms with van der Waals surface area (Å²) in [7, 11) is 0. The fourth-order valence-electron chi connectivity index (χ4n) is 2.40. The van der Waals surface area contributed by atoms with Gasteiger partial charge in [-0.25, -0.2) is 4.98 Å². The molecule has 0 radical (unpaired) electrons. The van der Waals surface area contributed by atoms with Crippen LogP contribution in [0.3, 0.4) is 0 Å². The number of hydrogen-bond donors (Lipinski definition) is 0. The number of aryl methyl sites for hydroxylation is 2. The molecule has 3 rings (SSSR count). The molecule has 1 heterocycles. The standard InChI is InChI=1S/C17H15NOS/c1-11-17(20-12(2)18-11)16(19)10-13-7-8-14-5-3-4-6-15(14)9-13/h3-9H,10H2,1-2H3. The zero-order valence-electron chi connectivity index (χ0n) is 11.5. The molecule has 0 spiro atoms. The van der Waals surface area contributed by atoms with E-state index in [9.17, 15) is 4.79 Å². The Bertz CT molecular complexity index is 789. The Morgan fingerprint density at radius 2 is 1.85 bits per heavy atom. The molecule has 100 valence electrons. The predicted molar refractivity (Wildman–Crippen MR) is 83.6 cm³/mol. The Labute approximate surface area is 122 Å². The third-order valence-electron chi connectivity index (χ3n) is 3.34. The first kappa shape index (κ1) is 13.0. The van der Waals surface area contributed by atoms with Gasteiger partial charge in [0.15, 0.2) is 5.78 Å². The fraction of sp³-hybridized carbons (Fsp3) is 0.176. The normalized spacial score (nSPS) is 10.9. The average molecular weight is 281 g/mol. The first-order valence-electron chi connectivity index (χ1n) is 6.58. The molecule has 20 heavy (non-hydrogen) atoms. The van der Waals surface area contributed by atoms with Gasteiger partial charge in [-0.15, -0.1) is 11.3 Å². The van der Waals surface area contributed by atoms with Gasteiger partial charge in [0, 0.05) is 6.42 Å². The molecule has 0 atom stereocenters. The van der Waals surface area contributed by atoms with Gasteiger partial charge < -0.3 is 0 Å². The number of aromatic nitrogens is 1. The van der Waals surface area contributed by atoms with E-state index in [4.69, 9.17) is 0 Å². The summed E-state index contributed by atoms with van der Waals surface area (Å²) in [5.74, 6) is 0.156. The molecule has 0 amide bonds. The lowest BCUT2D eigenvalue weighted by atomic mass is 10.0. The van der Waals surface area contributed by atoms with Crippen LogP contribution in [0.5, 0.6) is 0 Å². The Morgan fingerprint density at radius 1 is 1.10 bits per heavy atom. The number of carbonyl (C=O) groups is 1. The second kappa shape index (κ2) is 5.17. The minimum absolute atomic E-state index is 0.156. The van der Waals surface area contributed by atoms with Gasteiger partial charge in [-0.2, -0.15) is 0 Å². The van der Waals surface area contributed by atoms with Crippen molar-refractivity contribution in [3.05, 3.63) is 63.6 Å². The van der Waals surface area contributed by atoms with Gasteiger partial charge in [-0.05, 0) is 30.2 Å². The second-order valence-corrected chi connectivity index (χ2v) is 6.13. The molecule has 0 aliphatic rings. The van der Waals surface area contributed by atoms with E-state index < -0.39 is 0 Å². The van der Waals surface area contributed by atoms with Crippen LogP contribution >= 0.6 is 11.3 Å². The van der Waals surface area contributed by atoms with Gasteiger partial charge in [-0.3, -0.25) is 4.79 Å². The molecule has 1 aromatic heterocycles. The van der Waals surface area contributed by atoms with Crippen LogP contribution in [0.2, 0.25) is 0 Å². The molecule has 0 saturated carbocycles. The van der Waals surface area contributed by atoms with E-state index in [1.165, 1.54) is 22.1 Å². The summed E-state index contributed by atoms with van der Waals surface area (Å²) in [4.78, 5) is 17.5. The quantitative estimate of drug-likeness (QED) is 0.668. The van der Waals surface area contributed by atoms with Gasteiger partial charge in [0.1, 0.15) is 0 Å². The molecule has 3 aromatic rings. The van der Waals surface area contributed by atoms with Crippen molar-refractivity contribution < 1.29 is 4.79 Å². The maximum absolute atomic E-state index is 12.4. The molecule has 0 aliphatic carbocycles. The largest absolute Gasteiger partial charge is 0.293 e. The number of fused-ring (bicyclic) bond motifs is 1. The lowest BCUT2D eigenvalue weighted by molar-refractivity contribution is 0.0996. The monoisotopic (exact) mass is 281 g/mol. The Morgan fingerprint density at radius 3 is 2.55 bits per heavy atom. The molecule has 0 bridgehead atoms. The van der Waals surface area contributed by atoms with Crippen molar-refractivity contribution in [1.29, 1.82) is 0 Å². The summed E-state index contributed by atoms with van der Waals surface area (Å²) in [6, 6.07) is 14.4. The molecule has 3 heteroatoms. The van der Waals surface area contributed by atoms with Crippen molar-refractivity contribution >= 4 is 27.9 Å². The average Bonchev–Trinajstić information content (AvgIpc) is 2.78. The molecule has 0 saturated heterocycles. The Balaban J connectivity index is 1.89. The van der Waals surface area contributed by atoms with Crippen molar-refractivity contribution in [2.45, 2.75) is 20.3 Å². The minimum atomic E-state index is 0.156. The SMILES string of the molecule is Cc1nc(C)c(C(=O)Cc2ccc3ccccc3c2)s1. The third kappa shape index (κ3) is 2.49. The lowest BCUT2D eigenvalue weighted by Crippen LogP contribution is -2.03. The minimum Gasteiger partial charge on any atom is -0.293 e. The Kier molecular flexibility index (Phi) is 3.36. The van der Waals surface area contributed by atoms with Crippen molar-refractivity contribution in [1.82, 2.24) is 4.98 Å². The lowest BCUT2D eigenvalue weighted by Gasteiger charge is -2.03. The molecule has 0 fully saturated rings. The molecular formula is C17H15NOS. The van der Waals surface area contributed by atoms with E-state index in [-0.39, 0.29) is 5.78 Å². The number of rotatable bonds is 3. The summed E-state index contributed by atoms with van der Waals surface area (Å²) in [5.41, 5.74) is 1.90. The molecule has 2 nitrogen and oxygen atoms in total. The Hall–Kier alpha value is -2.00. The van der Waals surface area contributed by atoms with E-state index in [1.807, 2.05) is 32.0 Å². The van der Waals surface area contributed by atoms with Gasteiger partial charge in [-0.1, -0.05) is 42.5 Å². The summed E-state index contributed by atoms with van der Waals surface area (Å²) in [6.07, 6.45) is 0.438. The van der Waals surface area contributed by atoms with E-state index in [0.29, 0.717) is 6.42 Å². The van der Waals surface area contributed by atoms with E-state index in [2.05, 4.69) is 29.2 Å². The van der Waals surface area contributed by atoms with E-state index >= 15 is 0 Å². The zero-order valence-corrected chi connectivity index (χ0v) is 12.3. The summed E-state index contributed by atoms with van der Waals surface area (Å²) in [5, 5.41) is 3.33. The zero-order chi connectivity index (χ0) is 14.1. The van der Waals surface area contributed by atoms with Crippen molar-refractivity contribution in [3.63, 3.8) is 0 Å². The fourth-order valence-corrected chi connectivity index (χ4v) is 3.26. The molecule has 0 N–H and O–H groups in total. The summed E-state index contributed by atoms with van der Waals surface area (Å²) >= 11 is 1.48. The van der Waals surface area contributed by atoms with Crippen LogP contribution in [0.1, 0.15) is 25.9 Å². The maximum Gasteiger partial charge on any atom is 0.179 e. The summed E-state index contributed by atoms with van der Waals surface area (Å²) in [6.45, 7) is 3.83. The molecular weight excluding hydrogens is 266 g/mol. The second-order valence-electron chi connectivity index (χ2n) is 4.93. The van der Waals surface area contributed by atoms with Gasteiger partial charge in [0.2, 0.25) is 0 Å². The summed E-state index contributed by atoms with van der Waals surface area (Å²) < 4.78 is 0. The van der Waals surface area contributed by atoms with Gasteiger partial charge in [0.25, 0.3) is 0 Å². The van der Waals surface area contributed by atoms with Crippen molar-refractivity contribution in [2.24, 2.45) is 0 Å². The smallest absolute Gasteiger partial charge is 0.179 e. The number of hydrogen-bond acceptors (Lipinski definition) is 3. The highest BCUT2D eigenvalue weighted by Crippen LogP contribution is 2.21. The first-order chi connectivity index (χ1) is 9.63. The van der Waals surface area contributed by atoms with Crippen LogP contribution in [0.4, 0.5) is 0 Å². The van der Waals surface area contributed by atoms with Crippen LogP contribution in [0.15, 0.2) is 42.5 Å².